The molecule has 5 nitrogen and oxygen atoms in total. The van der Waals surface area contributed by atoms with Gasteiger partial charge in [-0.05, 0) is 35.2 Å². The lowest BCUT2D eigenvalue weighted by Gasteiger charge is -2.16. The maximum absolute atomic E-state index is 12.5. The highest BCUT2D eigenvalue weighted by Crippen LogP contribution is 2.17. The van der Waals surface area contributed by atoms with Gasteiger partial charge in [0.15, 0.2) is 0 Å². The first kappa shape index (κ1) is 18.8. The van der Waals surface area contributed by atoms with E-state index in [2.05, 4.69) is 10.6 Å². The number of hydrogen-bond acceptors (Lipinski definition) is 4. The van der Waals surface area contributed by atoms with Crippen molar-refractivity contribution in [3.05, 3.63) is 88.1 Å². The molecular formula is C21H20N2O3S. The molecule has 2 amide bonds. The Morgan fingerprint density at radius 3 is 2.52 bits per heavy atom. The lowest BCUT2D eigenvalue weighted by atomic mass is 10.1. The molecule has 0 aliphatic rings. The Morgan fingerprint density at radius 1 is 1.00 bits per heavy atom. The van der Waals surface area contributed by atoms with Crippen LogP contribution in [0, 0.1) is 0 Å². The molecule has 0 saturated heterocycles. The van der Waals surface area contributed by atoms with Crippen LogP contribution >= 0.6 is 11.3 Å². The van der Waals surface area contributed by atoms with Gasteiger partial charge in [-0.15, -0.1) is 11.3 Å². The van der Waals surface area contributed by atoms with E-state index in [1.54, 1.807) is 37.4 Å². The van der Waals surface area contributed by atoms with Crippen LogP contribution in [0.4, 0.5) is 5.69 Å². The minimum absolute atomic E-state index is 0.189. The van der Waals surface area contributed by atoms with Crippen LogP contribution in [0.3, 0.4) is 0 Å². The van der Waals surface area contributed by atoms with Crippen LogP contribution in [-0.4, -0.2) is 25.5 Å². The first-order chi connectivity index (χ1) is 13.2. The second-order valence-electron chi connectivity index (χ2n) is 5.86. The first-order valence-corrected chi connectivity index (χ1v) is 9.36. The number of hydrogen-bond donors (Lipinski definition) is 2. The van der Waals surface area contributed by atoms with E-state index in [0.717, 1.165) is 5.56 Å². The van der Waals surface area contributed by atoms with Crippen LogP contribution < -0.4 is 10.6 Å². The smallest absolute Gasteiger partial charge is 0.265 e. The number of carbonyl (C=O) groups is 2. The Bertz CT molecular complexity index is 895. The predicted octanol–water partition coefficient (Wildman–Crippen LogP) is 4.12. The summed E-state index contributed by atoms with van der Waals surface area (Å²) in [7, 11) is 1.62. The third kappa shape index (κ3) is 5.03. The molecular weight excluding hydrogens is 360 g/mol. The van der Waals surface area contributed by atoms with Crippen molar-refractivity contribution in [2.24, 2.45) is 0 Å². The number of carbonyl (C=O) groups excluding carboxylic acids is 2. The minimum atomic E-state index is -0.225. The molecule has 0 aliphatic carbocycles. The molecule has 0 saturated carbocycles. The van der Waals surface area contributed by atoms with E-state index in [4.69, 9.17) is 4.74 Å². The van der Waals surface area contributed by atoms with Crippen molar-refractivity contribution >= 4 is 28.8 Å². The summed E-state index contributed by atoms with van der Waals surface area (Å²) in [6, 6.07) is 20.2. The minimum Gasteiger partial charge on any atom is -0.375 e. The number of methoxy groups -OCH3 is 1. The number of amides is 2. The summed E-state index contributed by atoms with van der Waals surface area (Å²) in [6.45, 7) is 0.352. The number of rotatable bonds is 7. The number of ether oxygens (including phenoxy) is 1. The monoisotopic (exact) mass is 380 g/mol. The first-order valence-electron chi connectivity index (χ1n) is 8.48. The molecule has 1 atom stereocenters. The summed E-state index contributed by atoms with van der Waals surface area (Å²) in [4.78, 5) is 25.3. The topological polar surface area (TPSA) is 67.4 Å². The molecule has 1 unspecified atom stereocenters. The summed E-state index contributed by atoms with van der Waals surface area (Å²) < 4.78 is 5.47. The van der Waals surface area contributed by atoms with Crippen LogP contribution in [0.2, 0.25) is 0 Å². The van der Waals surface area contributed by atoms with E-state index in [0.29, 0.717) is 22.7 Å². The zero-order valence-electron chi connectivity index (χ0n) is 14.8. The predicted molar refractivity (Wildman–Crippen MR) is 107 cm³/mol. The van der Waals surface area contributed by atoms with Crippen LogP contribution in [0.15, 0.2) is 72.1 Å². The lowest BCUT2D eigenvalue weighted by Crippen LogP contribution is -2.29. The molecule has 138 valence electrons. The quantitative estimate of drug-likeness (QED) is 0.648. The van der Waals surface area contributed by atoms with Crippen molar-refractivity contribution in [3.8, 4) is 0 Å². The Hall–Kier alpha value is -2.96. The van der Waals surface area contributed by atoms with Gasteiger partial charge in [-0.25, -0.2) is 0 Å². The van der Waals surface area contributed by atoms with Gasteiger partial charge in [-0.2, -0.15) is 0 Å². The van der Waals surface area contributed by atoms with Gasteiger partial charge in [0.2, 0.25) is 0 Å². The van der Waals surface area contributed by atoms with Crippen molar-refractivity contribution in [1.82, 2.24) is 5.32 Å². The Labute approximate surface area is 162 Å². The molecule has 2 aromatic carbocycles. The largest absolute Gasteiger partial charge is 0.375 e. The van der Waals surface area contributed by atoms with Gasteiger partial charge in [-0.1, -0.05) is 42.5 Å². The fourth-order valence-corrected chi connectivity index (χ4v) is 3.25. The zero-order valence-corrected chi connectivity index (χ0v) is 15.7. The highest BCUT2D eigenvalue weighted by Gasteiger charge is 2.14. The third-order valence-corrected chi connectivity index (χ3v) is 4.90. The maximum atomic E-state index is 12.5. The SMILES string of the molecule is COC(CNC(=O)c1cccc(NC(=O)c2cccs2)c1)c1ccccc1. The van der Waals surface area contributed by atoms with Crippen molar-refractivity contribution in [3.63, 3.8) is 0 Å². The summed E-state index contributed by atoms with van der Waals surface area (Å²) in [5, 5.41) is 7.54. The van der Waals surface area contributed by atoms with Gasteiger partial charge in [0.25, 0.3) is 11.8 Å². The van der Waals surface area contributed by atoms with E-state index in [1.165, 1.54) is 11.3 Å². The fourth-order valence-electron chi connectivity index (χ4n) is 2.63. The van der Waals surface area contributed by atoms with E-state index in [1.807, 2.05) is 41.8 Å². The number of nitrogens with one attached hydrogen (secondary N) is 2. The fraction of sp³-hybridized carbons (Fsp3) is 0.143. The van der Waals surface area contributed by atoms with E-state index in [-0.39, 0.29) is 17.9 Å². The van der Waals surface area contributed by atoms with Crippen molar-refractivity contribution in [2.75, 3.05) is 19.0 Å². The van der Waals surface area contributed by atoms with Crippen molar-refractivity contribution < 1.29 is 14.3 Å². The molecule has 0 fully saturated rings. The molecule has 3 aromatic rings. The molecule has 0 spiro atoms. The zero-order chi connectivity index (χ0) is 19.1. The normalized spacial score (nSPS) is 11.6. The Kier molecular flexibility index (Phi) is 6.35. The van der Waals surface area contributed by atoms with E-state index < -0.39 is 0 Å². The van der Waals surface area contributed by atoms with Crippen molar-refractivity contribution in [2.45, 2.75) is 6.10 Å². The van der Waals surface area contributed by atoms with Gasteiger partial charge < -0.3 is 15.4 Å². The Morgan fingerprint density at radius 2 is 1.81 bits per heavy atom. The molecule has 3 rings (SSSR count). The molecule has 0 bridgehead atoms. The molecule has 0 aliphatic heterocycles. The maximum Gasteiger partial charge on any atom is 0.265 e. The highest BCUT2D eigenvalue weighted by molar-refractivity contribution is 7.12. The summed E-state index contributed by atoms with van der Waals surface area (Å²) >= 11 is 1.37. The average molecular weight is 380 g/mol. The molecule has 1 heterocycles. The average Bonchev–Trinajstić information content (AvgIpc) is 3.24. The molecule has 2 N–H and O–H groups in total. The lowest BCUT2D eigenvalue weighted by molar-refractivity contribution is 0.0827. The van der Waals surface area contributed by atoms with E-state index in [9.17, 15) is 9.59 Å². The van der Waals surface area contributed by atoms with Gasteiger partial charge in [-0.3, -0.25) is 9.59 Å². The number of benzene rings is 2. The van der Waals surface area contributed by atoms with Crippen LogP contribution in [0.25, 0.3) is 0 Å². The highest BCUT2D eigenvalue weighted by atomic mass is 32.1. The Balaban J connectivity index is 1.62. The summed E-state index contributed by atoms with van der Waals surface area (Å²) in [5.41, 5.74) is 2.05. The van der Waals surface area contributed by atoms with Gasteiger partial charge in [0.1, 0.15) is 0 Å². The summed E-state index contributed by atoms with van der Waals surface area (Å²) in [5.74, 6) is -0.411. The second-order valence-corrected chi connectivity index (χ2v) is 6.80. The van der Waals surface area contributed by atoms with E-state index >= 15 is 0 Å². The molecule has 27 heavy (non-hydrogen) atoms. The molecule has 1 aromatic heterocycles. The molecule has 0 radical (unpaired) electrons. The second kappa shape index (κ2) is 9.12. The standard InChI is InChI=1S/C21H20N2O3S/c1-26-18(15-7-3-2-4-8-15)14-22-20(24)16-9-5-10-17(13-16)23-21(25)19-11-6-12-27-19/h2-13,18H,14H2,1H3,(H,22,24)(H,23,25). The van der Waals surface area contributed by atoms with Crippen LogP contribution in [-0.2, 0) is 4.74 Å². The third-order valence-electron chi connectivity index (χ3n) is 4.03. The van der Waals surface area contributed by atoms with Crippen LogP contribution in [0.5, 0.6) is 0 Å². The van der Waals surface area contributed by atoms with Crippen molar-refractivity contribution in [1.29, 1.82) is 0 Å². The van der Waals surface area contributed by atoms with Gasteiger partial charge >= 0.3 is 0 Å². The van der Waals surface area contributed by atoms with Gasteiger partial charge in [0.05, 0.1) is 11.0 Å². The molecule has 6 heteroatoms. The number of anilines is 1. The number of thiophene rings is 1. The van der Waals surface area contributed by atoms with Crippen LogP contribution in [0.1, 0.15) is 31.7 Å². The van der Waals surface area contributed by atoms with Gasteiger partial charge in [0, 0.05) is 24.9 Å². The summed E-state index contributed by atoms with van der Waals surface area (Å²) in [6.07, 6.45) is -0.225.